The summed E-state index contributed by atoms with van der Waals surface area (Å²) in [7, 11) is 0.419. The van der Waals surface area contributed by atoms with E-state index < -0.39 is 33.9 Å². The molecule has 16 heteroatoms. The Labute approximate surface area is 223 Å². The zero-order valence-electron chi connectivity index (χ0n) is 21.2. The largest absolute Gasteiger partial charge is 0.478 e. The van der Waals surface area contributed by atoms with Crippen LogP contribution in [0.15, 0.2) is 42.9 Å². The molecule has 2 aromatic rings. The molecule has 3 rings (SSSR count). The number of nitrogens with one attached hydrogen (secondary N) is 2. The van der Waals surface area contributed by atoms with Crippen molar-refractivity contribution in [2.75, 3.05) is 24.7 Å². The first kappa shape index (κ1) is 32.7. The number of carboxylic acid groups (broad SMARTS) is 4. The molecule has 1 aliphatic rings. The highest BCUT2D eigenvalue weighted by atomic mass is 32.2. The lowest BCUT2D eigenvalue weighted by Gasteiger charge is -2.35. The minimum atomic E-state index is -3.12. The van der Waals surface area contributed by atoms with E-state index in [0.29, 0.717) is 30.3 Å². The second-order valence-corrected chi connectivity index (χ2v) is 10.2. The molecule has 214 valence electrons. The highest BCUT2D eigenvalue weighted by Gasteiger charge is 2.28. The van der Waals surface area contributed by atoms with Gasteiger partial charge in [-0.3, -0.25) is 0 Å². The topological polar surface area (TPSA) is 240 Å². The third kappa shape index (κ3) is 12.7. The van der Waals surface area contributed by atoms with E-state index in [1.807, 2.05) is 12.3 Å². The van der Waals surface area contributed by atoms with E-state index in [2.05, 4.69) is 31.6 Å². The van der Waals surface area contributed by atoms with Crippen LogP contribution in [0.3, 0.4) is 0 Å². The van der Waals surface area contributed by atoms with E-state index in [4.69, 9.17) is 20.4 Å². The number of anilines is 1. The number of sulfonamides is 1. The molecule has 0 aliphatic heterocycles. The molecule has 0 unspecified atom stereocenters. The van der Waals surface area contributed by atoms with Gasteiger partial charge < -0.3 is 30.3 Å². The van der Waals surface area contributed by atoms with Gasteiger partial charge in [0, 0.05) is 43.6 Å². The van der Waals surface area contributed by atoms with E-state index in [1.165, 1.54) is 7.05 Å². The summed E-state index contributed by atoms with van der Waals surface area (Å²) in [6.07, 6.45) is 9.50. The second kappa shape index (κ2) is 15.8. The fourth-order valence-electron chi connectivity index (χ4n) is 3.69. The minimum absolute atomic E-state index is 0.232. The van der Waals surface area contributed by atoms with Gasteiger partial charge in [0.15, 0.2) is 0 Å². The van der Waals surface area contributed by atoms with Crippen molar-refractivity contribution in [3.63, 3.8) is 0 Å². The van der Waals surface area contributed by atoms with Gasteiger partial charge in [-0.05, 0) is 44.7 Å². The summed E-state index contributed by atoms with van der Waals surface area (Å²) in [6.45, 7) is 0. The summed E-state index contributed by atoms with van der Waals surface area (Å²) >= 11 is 0. The SMILES string of the molecule is CNS(=O)(=O)CC1CCC(N(C)c2ncnc3[nH]ccc23)CC1.O=C(O)/C=C\C(=O)O.O=C(O)/C=C\C(=O)O. The number of hydrogen-bond acceptors (Lipinski definition) is 9. The van der Waals surface area contributed by atoms with Crippen LogP contribution in [0.4, 0.5) is 5.82 Å². The normalized spacial score (nSPS) is 17.1. The molecule has 0 bridgehead atoms. The number of nitrogens with zero attached hydrogens (tertiary/aromatic N) is 3. The van der Waals surface area contributed by atoms with Gasteiger partial charge in [-0.2, -0.15) is 0 Å². The predicted octanol–water partition coefficient (Wildman–Crippen LogP) is 0.926. The number of aromatic nitrogens is 3. The van der Waals surface area contributed by atoms with E-state index in [9.17, 15) is 27.6 Å². The van der Waals surface area contributed by atoms with Crippen LogP contribution in [0.5, 0.6) is 0 Å². The van der Waals surface area contributed by atoms with Crippen molar-refractivity contribution in [1.82, 2.24) is 19.7 Å². The fraction of sp³-hybridized carbons (Fsp3) is 0.391. The number of fused-ring (bicyclic) bond motifs is 1. The number of rotatable bonds is 9. The van der Waals surface area contributed by atoms with Gasteiger partial charge in [-0.15, -0.1) is 0 Å². The van der Waals surface area contributed by atoms with Crippen molar-refractivity contribution in [2.45, 2.75) is 31.7 Å². The maximum absolute atomic E-state index is 11.7. The third-order valence-corrected chi connectivity index (χ3v) is 7.07. The van der Waals surface area contributed by atoms with E-state index in [1.54, 1.807) is 6.33 Å². The Kier molecular flexibility index (Phi) is 13.3. The summed E-state index contributed by atoms with van der Waals surface area (Å²) in [4.78, 5) is 52.2. The van der Waals surface area contributed by atoms with Gasteiger partial charge in [0.2, 0.25) is 10.0 Å². The molecule has 0 radical (unpaired) electrons. The number of aliphatic carboxylic acids is 4. The summed E-state index contributed by atoms with van der Waals surface area (Å²) < 4.78 is 25.8. The van der Waals surface area contributed by atoms with Crippen LogP contribution >= 0.6 is 0 Å². The molecular formula is C23H31N5O10S. The standard InChI is InChI=1S/C15H23N5O2S.2C4H4O4/c1-16-23(21,22)9-11-3-5-12(6-4-11)20(2)15-13-7-8-17-14(13)18-10-19-15;2*5-3(6)1-2-4(7)8/h7-8,10-12,16H,3-6,9H2,1-2H3,(H,17,18,19);2*1-2H,(H,5,6)(H,7,8)/b;2*2-1-. The monoisotopic (exact) mass is 569 g/mol. The molecule has 6 N–H and O–H groups in total. The van der Waals surface area contributed by atoms with E-state index >= 15 is 0 Å². The molecule has 2 aromatic heterocycles. The Morgan fingerprint density at radius 2 is 1.44 bits per heavy atom. The van der Waals surface area contributed by atoms with Crippen molar-refractivity contribution in [1.29, 1.82) is 0 Å². The van der Waals surface area contributed by atoms with Crippen LogP contribution < -0.4 is 9.62 Å². The highest BCUT2D eigenvalue weighted by Crippen LogP contribution is 2.31. The highest BCUT2D eigenvalue weighted by molar-refractivity contribution is 7.89. The number of H-pyrrole nitrogens is 1. The lowest BCUT2D eigenvalue weighted by molar-refractivity contribution is -0.134. The summed E-state index contributed by atoms with van der Waals surface area (Å²) in [6, 6.07) is 2.38. The van der Waals surface area contributed by atoms with Crippen LogP contribution in [0.1, 0.15) is 25.7 Å². The predicted molar refractivity (Wildman–Crippen MR) is 140 cm³/mol. The average molecular weight is 570 g/mol. The first-order valence-electron chi connectivity index (χ1n) is 11.5. The van der Waals surface area contributed by atoms with Crippen molar-refractivity contribution < 1.29 is 48.0 Å². The zero-order valence-corrected chi connectivity index (χ0v) is 22.0. The summed E-state index contributed by atoms with van der Waals surface area (Å²) in [5.41, 5.74) is 0.843. The first-order chi connectivity index (χ1) is 18.3. The lowest BCUT2D eigenvalue weighted by atomic mass is 9.86. The molecule has 1 aliphatic carbocycles. The van der Waals surface area contributed by atoms with Gasteiger partial charge in [-0.25, -0.2) is 42.3 Å². The molecule has 0 saturated heterocycles. The molecule has 0 amide bonds. The van der Waals surface area contributed by atoms with Gasteiger partial charge in [-0.1, -0.05) is 0 Å². The molecule has 0 atom stereocenters. The molecule has 0 aromatic carbocycles. The second-order valence-electron chi connectivity index (χ2n) is 8.23. The van der Waals surface area contributed by atoms with Crippen molar-refractivity contribution in [3.05, 3.63) is 42.9 Å². The summed E-state index contributed by atoms with van der Waals surface area (Å²) in [5.74, 6) is -3.62. The van der Waals surface area contributed by atoms with Crippen LogP contribution in [0, 0.1) is 5.92 Å². The lowest BCUT2D eigenvalue weighted by Crippen LogP contribution is -2.37. The fourth-order valence-corrected chi connectivity index (χ4v) is 4.81. The molecule has 1 fully saturated rings. The van der Waals surface area contributed by atoms with Gasteiger partial charge in [0.25, 0.3) is 0 Å². The number of carbonyl (C=O) groups is 4. The maximum Gasteiger partial charge on any atom is 0.328 e. The first-order valence-corrected chi connectivity index (χ1v) is 13.1. The third-order valence-electron chi connectivity index (χ3n) is 5.53. The molecule has 0 spiro atoms. The van der Waals surface area contributed by atoms with Crippen molar-refractivity contribution in [3.8, 4) is 0 Å². The van der Waals surface area contributed by atoms with Gasteiger partial charge in [0.05, 0.1) is 11.1 Å². The smallest absolute Gasteiger partial charge is 0.328 e. The quantitative estimate of drug-likeness (QED) is 0.231. The van der Waals surface area contributed by atoms with Gasteiger partial charge in [0.1, 0.15) is 17.8 Å². The Hall–Kier alpha value is -4.31. The van der Waals surface area contributed by atoms with Crippen LogP contribution in [-0.2, 0) is 29.2 Å². The Balaban J connectivity index is 0.000000393. The van der Waals surface area contributed by atoms with Gasteiger partial charge >= 0.3 is 23.9 Å². The van der Waals surface area contributed by atoms with E-state index in [-0.39, 0.29) is 11.7 Å². The molecule has 39 heavy (non-hydrogen) atoms. The van der Waals surface area contributed by atoms with Crippen molar-refractivity contribution in [2.24, 2.45) is 5.92 Å². The molecule has 1 saturated carbocycles. The Bertz CT molecular complexity index is 1230. The van der Waals surface area contributed by atoms with Crippen LogP contribution in [-0.4, -0.2) is 93.6 Å². The van der Waals surface area contributed by atoms with Crippen LogP contribution in [0.25, 0.3) is 11.0 Å². The number of aromatic amines is 1. The number of hydrogen-bond donors (Lipinski definition) is 6. The Morgan fingerprint density at radius 1 is 0.949 bits per heavy atom. The summed E-state index contributed by atoms with van der Waals surface area (Å²) in [5, 5.41) is 32.3. The molecule has 15 nitrogen and oxygen atoms in total. The molecular weight excluding hydrogens is 538 g/mol. The van der Waals surface area contributed by atoms with Crippen LogP contribution in [0.2, 0.25) is 0 Å². The average Bonchev–Trinajstić information content (AvgIpc) is 3.36. The molecule has 2 heterocycles. The maximum atomic E-state index is 11.7. The van der Waals surface area contributed by atoms with E-state index in [0.717, 1.165) is 42.5 Å². The Morgan fingerprint density at radius 3 is 1.87 bits per heavy atom. The minimum Gasteiger partial charge on any atom is -0.478 e. The zero-order chi connectivity index (χ0) is 29.6. The number of carboxylic acids is 4. The van der Waals surface area contributed by atoms with Crippen molar-refractivity contribution >= 4 is 50.8 Å².